The van der Waals surface area contributed by atoms with E-state index >= 15 is 0 Å². The second-order valence-electron chi connectivity index (χ2n) is 7.66. The summed E-state index contributed by atoms with van der Waals surface area (Å²) in [4.78, 5) is 26.5. The Labute approximate surface area is 164 Å². The van der Waals surface area contributed by atoms with Crippen molar-refractivity contribution >= 4 is 23.2 Å². The average Bonchev–Trinajstić information content (AvgIpc) is 2.70. The first kappa shape index (κ1) is 18.5. The fraction of sp³-hybridized carbons (Fsp3) is 0.364. The number of benzene rings is 2. The third-order valence-corrected chi connectivity index (χ3v) is 5.37. The van der Waals surface area contributed by atoms with Crippen molar-refractivity contribution in [2.45, 2.75) is 26.3 Å². The van der Waals surface area contributed by atoms with Gasteiger partial charge >= 0.3 is 0 Å². The molecule has 0 atom stereocenters. The van der Waals surface area contributed by atoms with Crippen molar-refractivity contribution in [1.29, 1.82) is 0 Å². The van der Waals surface area contributed by atoms with Gasteiger partial charge in [0.05, 0.1) is 5.69 Å². The quantitative estimate of drug-likeness (QED) is 0.853. The Hall–Kier alpha value is -2.86. The molecule has 2 heterocycles. The minimum atomic E-state index is -0.222. The molecule has 0 spiro atoms. The van der Waals surface area contributed by atoms with Gasteiger partial charge in [0.2, 0.25) is 0 Å². The van der Waals surface area contributed by atoms with E-state index in [2.05, 4.69) is 34.6 Å². The van der Waals surface area contributed by atoms with Crippen LogP contribution in [0.1, 0.15) is 35.7 Å². The summed E-state index contributed by atoms with van der Waals surface area (Å²) >= 11 is 0. The maximum atomic E-state index is 12.5. The van der Waals surface area contributed by atoms with Gasteiger partial charge in [-0.05, 0) is 67.7 Å². The molecule has 2 aliphatic heterocycles. The van der Waals surface area contributed by atoms with Gasteiger partial charge in [0, 0.05) is 17.8 Å². The predicted octanol–water partition coefficient (Wildman–Crippen LogP) is 3.50. The minimum absolute atomic E-state index is 0.00134. The molecule has 146 valence electrons. The molecule has 4 rings (SSSR count). The standard InChI is InChI=1S/C22H25N3O3/c1-15-8-10-25(11-9-15)13-16-2-5-18(6-3-16)23-22(27)17-4-7-20-19(12-17)24-21(26)14-28-20/h2-7,12,15H,8-11,13-14H2,1H3,(H,23,27)(H,24,26). The predicted molar refractivity (Wildman–Crippen MR) is 109 cm³/mol. The highest BCUT2D eigenvalue weighted by Crippen LogP contribution is 2.28. The summed E-state index contributed by atoms with van der Waals surface area (Å²) in [5, 5.41) is 5.63. The van der Waals surface area contributed by atoms with Crippen molar-refractivity contribution < 1.29 is 14.3 Å². The van der Waals surface area contributed by atoms with Crippen molar-refractivity contribution in [1.82, 2.24) is 4.90 Å². The fourth-order valence-corrected chi connectivity index (χ4v) is 3.60. The number of hydrogen-bond acceptors (Lipinski definition) is 4. The topological polar surface area (TPSA) is 70.7 Å². The van der Waals surface area contributed by atoms with Gasteiger partial charge in [0.25, 0.3) is 11.8 Å². The molecular weight excluding hydrogens is 354 g/mol. The van der Waals surface area contributed by atoms with Crippen molar-refractivity contribution in [3.63, 3.8) is 0 Å². The molecule has 1 saturated heterocycles. The lowest BCUT2D eigenvalue weighted by molar-refractivity contribution is -0.118. The van der Waals surface area contributed by atoms with Crippen LogP contribution in [0.15, 0.2) is 42.5 Å². The van der Waals surface area contributed by atoms with Gasteiger partial charge in [0.15, 0.2) is 6.61 Å². The van der Waals surface area contributed by atoms with Crippen LogP contribution in [0, 0.1) is 5.92 Å². The largest absolute Gasteiger partial charge is 0.482 e. The van der Waals surface area contributed by atoms with Crippen LogP contribution < -0.4 is 15.4 Å². The number of hydrogen-bond donors (Lipinski definition) is 2. The van der Waals surface area contributed by atoms with Crippen LogP contribution in [0.2, 0.25) is 0 Å². The zero-order valence-corrected chi connectivity index (χ0v) is 16.0. The molecule has 28 heavy (non-hydrogen) atoms. The van der Waals surface area contributed by atoms with Gasteiger partial charge in [0.1, 0.15) is 5.75 Å². The number of likely N-dealkylation sites (tertiary alicyclic amines) is 1. The molecule has 0 bridgehead atoms. The lowest BCUT2D eigenvalue weighted by Crippen LogP contribution is -2.32. The first-order valence-electron chi connectivity index (χ1n) is 9.76. The molecule has 0 aromatic heterocycles. The first-order chi connectivity index (χ1) is 13.6. The van der Waals surface area contributed by atoms with Crippen LogP contribution in [0.25, 0.3) is 0 Å². The van der Waals surface area contributed by atoms with E-state index in [1.54, 1.807) is 18.2 Å². The van der Waals surface area contributed by atoms with E-state index in [-0.39, 0.29) is 18.4 Å². The molecular formula is C22H25N3O3. The number of anilines is 2. The molecule has 1 fully saturated rings. The number of rotatable bonds is 4. The Balaban J connectivity index is 1.37. The fourth-order valence-electron chi connectivity index (χ4n) is 3.60. The van der Waals surface area contributed by atoms with Crippen LogP contribution in [-0.2, 0) is 11.3 Å². The maximum Gasteiger partial charge on any atom is 0.262 e. The van der Waals surface area contributed by atoms with Crippen molar-refractivity contribution in [2.24, 2.45) is 5.92 Å². The van der Waals surface area contributed by atoms with Crippen LogP contribution in [0.5, 0.6) is 5.75 Å². The van der Waals surface area contributed by atoms with Gasteiger partial charge in [-0.3, -0.25) is 14.5 Å². The molecule has 0 unspecified atom stereocenters. The lowest BCUT2D eigenvalue weighted by atomic mass is 9.99. The molecule has 0 aliphatic carbocycles. The Kier molecular flexibility index (Phi) is 5.30. The van der Waals surface area contributed by atoms with E-state index < -0.39 is 0 Å². The summed E-state index contributed by atoms with van der Waals surface area (Å²) in [5.74, 6) is 0.967. The van der Waals surface area contributed by atoms with E-state index in [9.17, 15) is 9.59 Å². The molecule has 0 radical (unpaired) electrons. The summed E-state index contributed by atoms with van der Waals surface area (Å²) in [6.45, 7) is 5.57. The number of carbonyl (C=O) groups excluding carboxylic acids is 2. The highest BCUT2D eigenvalue weighted by atomic mass is 16.5. The van der Waals surface area contributed by atoms with E-state index in [4.69, 9.17) is 4.74 Å². The van der Waals surface area contributed by atoms with Crippen LogP contribution in [0.4, 0.5) is 11.4 Å². The number of fused-ring (bicyclic) bond motifs is 1. The number of ether oxygens (including phenoxy) is 1. The lowest BCUT2D eigenvalue weighted by Gasteiger charge is -2.30. The maximum absolute atomic E-state index is 12.5. The Bertz CT molecular complexity index is 871. The molecule has 6 nitrogen and oxygen atoms in total. The van der Waals surface area contributed by atoms with Crippen LogP contribution in [0.3, 0.4) is 0 Å². The smallest absolute Gasteiger partial charge is 0.262 e. The molecule has 2 amide bonds. The van der Waals surface area contributed by atoms with Gasteiger partial charge in [-0.2, -0.15) is 0 Å². The molecule has 2 aromatic carbocycles. The van der Waals surface area contributed by atoms with Crippen molar-refractivity contribution in [3.05, 3.63) is 53.6 Å². The van der Waals surface area contributed by atoms with E-state index in [0.717, 1.165) is 31.2 Å². The summed E-state index contributed by atoms with van der Waals surface area (Å²) in [6, 6.07) is 13.0. The van der Waals surface area contributed by atoms with Crippen LogP contribution >= 0.6 is 0 Å². The Morgan fingerprint density at radius 2 is 1.93 bits per heavy atom. The normalized spacial score (nSPS) is 17.4. The first-order valence-corrected chi connectivity index (χ1v) is 9.76. The SMILES string of the molecule is CC1CCN(Cc2ccc(NC(=O)c3ccc4c(c3)NC(=O)CO4)cc2)CC1. The number of amides is 2. The molecule has 2 N–H and O–H groups in total. The molecule has 0 saturated carbocycles. The van der Waals surface area contributed by atoms with Gasteiger partial charge < -0.3 is 15.4 Å². The molecule has 2 aromatic rings. The number of nitrogens with one attached hydrogen (secondary N) is 2. The zero-order chi connectivity index (χ0) is 19.5. The monoisotopic (exact) mass is 379 g/mol. The summed E-state index contributed by atoms with van der Waals surface area (Å²) in [7, 11) is 0. The highest BCUT2D eigenvalue weighted by molar-refractivity contribution is 6.06. The third kappa shape index (κ3) is 4.34. The average molecular weight is 379 g/mol. The number of piperidine rings is 1. The van der Waals surface area contributed by atoms with E-state index in [1.807, 2.05) is 12.1 Å². The molecule has 6 heteroatoms. The van der Waals surface area contributed by atoms with Crippen molar-refractivity contribution in [3.8, 4) is 5.75 Å². The Morgan fingerprint density at radius 1 is 1.18 bits per heavy atom. The zero-order valence-electron chi connectivity index (χ0n) is 16.0. The molecule has 2 aliphatic rings. The Morgan fingerprint density at radius 3 is 2.68 bits per heavy atom. The van der Waals surface area contributed by atoms with Gasteiger partial charge in [-0.25, -0.2) is 0 Å². The summed E-state index contributed by atoms with van der Waals surface area (Å²) in [5.41, 5.74) is 2.99. The van der Waals surface area contributed by atoms with E-state index in [0.29, 0.717) is 17.0 Å². The minimum Gasteiger partial charge on any atom is -0.482 e. The van der Waals surface area contributed by atoms with Crippen LogP contribution in [-0.4, -0.2) is 36.4 Å². The van der Waals surface area contributed by atoms with Gasteiger partial charge in [-0.1, -0.05) is 19.1 Å². The number of nitrogens with zero attached hydrogens (tertiary/aromatic N) is 1. The third-order valence-electron chi connectivity index (χ3n) is 5.37. The highest BCUT2D eigenvalue weighted by Gasteiger charge is 2.18. The number of carbonyl (C=O) groups is 2. The van der Waals surface area contributed by atoms with Crippen molar-refractivity contribution in [2.75, 3.05) is 30.3 Å². The van der Waals surface area contributed by atoms with Gasteiger partial charge in [-0.15, -0.1) is 0 Å². The van der Waals surface area contributed by atoms with E-state index in [1.165, 1.54) is 18.4 Å². The summed E-state index contributed by atoms with van der Waals surface area (Å²) < 4.78 is 5.32. The summed E-state index contributed by atoms with van der Waals surface area (Å²) in [6.07, 6.45) is 2.53. The second-order valence-corrected chi connectivity index (χ2v) is 7.66. The second kappa shape index (κ2) is 8.02.